The van der Waals surface area contributed by atoms with Crippen LogP contribution in [0.15, 0.2) is 0 Å². The third-order valence-electron chi connectivity index (χ3n) is 1.45. The van der Waals surface area contributed by atoms with Crippen molar-refractivity contribution in [2.45, 2.75) is 5.25 Å². The molecule has 0 fully saturated rings. The van der Waals surface area contributed by atoms with Gasteiger partial charge in [-0.2, -0.15) is 8.42 Å². The molecule has 0 saturated carbocycles. The molecule has 84 valence electrons. The monoisotopic (exact) mass is 227 g/mol. The molecule has 0 saturated heterocycles. The second kappa shape index (κ2) is 5.91. The first-order chi connectivity index (χ1) is 6.39. The number of hydrogen-bond acceptors (Lipinski definition) is 5. The lowest BCUT2D eigenvalue weighted by molar-refractivity contribution is -0.136. The zero-order chi connectivity index (χ0) is 11.2. The van der Waals surface area contributed by atoms with Gasteiger partial charge in [-0.05, 0) is 0 Å². The quantitative estimate of drug-likeness (QED) is 0.360. The van der Waals surface area contributed by atoms with E-state index in [1.165, 1.54) is 7.11 Å². The van der Waals surface area contributed by atoms with E-state index >= 15 is 0 Å². The van der Waals surface area contributed by atoms with Crippen molar-refractivity contribution in [3.05, 3.63) is 0 Å². The van der Waals surface area contributed by atoms with Crippen molar-refractivity contribution in [1.29, 1.82) is 0 Å². The maximum absolute atomic E-state index is 10.5. The van der Waals surface area contributed by atoms with Gasteiger partial charge in [0.05, 0.1) is 6.61 Å². The second-order valence-electron chi connectivity index (χ2n) is 2.54. The van der Waals surface area contributed by atoms with Gasteiger partial charge in [0, 0.05) is 20.2 Å². The summed E-state index contributed by atoms with van der Waals surface area (Å²) in [5.74, 6) is -1.59. The summed E-state index contributed by atoms with van der Waals surface area (Å²) in [5.41, 5.74) is 0. The Balaban J connectivity index is 4.07. The summed E-state index contributed by atoms with van der Waals surface area (Å²) in [6, 6.07) is 0. The highest BCUT2D eigenvalue weighted by Gasteiger charge is 2.30. The lowest BCUT2D eigenvalue weighted by atomic mass is 10.4. The molecule has 0 aliphatic carbocycles. The van der Waals surface area contributed by atoms with Gasteiger partial charge in [0.2, 0.25) is 0 Å². The number of methoxy groups -OCH3 is 1. The molecule has 7 nitrogen and oxygen atoms in total. The average molecular weight is 227 g/mol. The van der Waals surface area contributed by atoms with Crippen LogP contribution in [0.25, 0.3) is 0 Å². The molecule has 0 aromatic rings. The van der Waals surface area contributed by atoms with Crippen LogP contribution in [-0.2, 0) is 19.6 Å². The highest BCUT2D eigenvalue weighted by atomic mass is 32.2. The summed E-state index contributed by atoms with van der Waals surface area (Å²) in [7, 11) is -3.10. The van der Waals surface area contributed by atoms with Crippen LogP contribution < -0.4 is 5.32 Å². The van der Waals surface area contributed by atoms with Gasteiger partial charge in [-0.15, -0.1) is 0 Å². The molecular weight excluding hydrogens is 214 g/mol. The summed E-state index contributed by atoms with van der Waals surface area (Å²) in [5, 5.41) is 9.15. The van der Waals surface area contributed by atoms with Gasteiger partial charge >= 0.3 is 5.97 Å². The van der Waals surface area contributed by atoms with Crippen LogP contribution in [0.3, 0.4) is 0 Å². The van der Waals surface area contributed by atoms with E-state index in [4.69, 9.17) is 9.66 Å². The molecule has 0 aromatic carbocycles. The van der Waals surface area contributed by atoms with Gasteiger partial charge in [0.25, 0.3) is 10.1 Å². The Hall–Kier alpha value is -0.700. The molecule has 0 aliphatic heterocycles. The van der Waals surface area contributed by atoms with Crippen molar-refractivity contribution in [2.24, 2.45) is 0 Å². The van der Waals surface area contributed by atoms with E-state index in [1.807, 2.05) is 0 Å². The Bertz CT molecular complexity index is 274. The van der Waals surface area contributed by atoms with E-state index in [-0.39, 0.29) is 6.54 Å². The van der Waals surface area contributed by atoms with Gasteiger partial charge in [-0.3, -0.25) is 9.35 Å². The van der Waals surface area contributed by atoms with E-state index in [0.717, 1.165) is 0 Å². The fourth-order valence-corrected chi connectivity index (χ4v) is 1.31. The van der Waals surface area contributed by atoms with E-state index in [1.54, 1.807) is 0 Å². The third kappa shape index (κ3) is 5.12. The number of carboxylic acid groups (broad SMARTS) is 1. The lowest BCUT2D eigenvalue weighted by Gasteiger charge is -2.09. The highest BCUT2D eigenvalue weighted by molar-refractivity contribution is 7.87. The first kappa shape index (κ1) is 13.3. The van der Waals surface area contributed by atoms with E-state index in [0.29, 0.717) is 13.2 Å². The van der Waals surface area contributed by atoms with Crippen LogP contribution in [0.2, 0.25) is 0 Å². The summed E-state index contributed by atoms with van der Waals surface area (Å²) in [6.45, 7) is 0.297. The van der Waals surface area contributed by atoms with Crippen LogP contribution in [-0.4, -0.2) is 56.1 Å². The Morgan fingerprint density at radius 1 is 1.57 bits per heavy atom. The SMILES string of the molecule is COCCNCC(C(=O)O)S(=O)(=O)O. The lowest BCUT2D eigenvalue weighted by Crippen LogP contribution is -2.40. The number of rotatable bonds is 7. The molecule has 0 spiro atoms. The van der Waals surface area contributed by atoms with E-state index < -0.39 is 21.3 Å². The Morgan fingerprint density at radius 2 is 2.14 bits per heavy atom. The standard InChI is InChI=1S/C6H13NO6S/c1-13-3-2-7-4-5(6(8)9)14(10,11)12/h5,7H,2-4H2,1H3,(H,8,9)(H,10,11,12). The maximum Gasteiger partial charge on any atom is 0.325 e. The van der Waals surface area contributed by atoms with Crippen molar-refractivity contribution in [3.63, 3.8) is 0 Å². The smallest absolute Gasteiger partial charge is 0.325 e. The fourth-order valence-electron chi connectivity index (χ4n) is 0.727. The predicted molar refractivity (Wildman–Crippen MR) is 47.7 cm³/mol. The summed E-state index contributed by atoms with van der Waals surface area (Å²) < 4.78 is 34.3. The van der Waals surface area contributed by atoms with Crippen molar-refractivity contribution in [3.8, 4) is 0 Å². The minimum atomic E-state index is -4.55. The summed E-state index contributed by atoms with van der Waals surface area (Å²) in [4.78, 5) is 10.4. The molecule has 8 heteroatoms. The van der Waals surface area contributed by atoms with Gasteiger partial charge in [-0.1, -0.05) is 0 Å². The Labute approximate surface area is 81.8 Å². The number of aliphatic carboxylic acids is 1. The van der Waals surface area contributed by atoms with Gasteiger partial charge in [0.1, 0.15) is 0 Å². The van der Waals surface area contributed by atoms with Crippen LogP contribution in [0.1, 0.15) is 0 Å². The number of ether oxygens (including phenoxy) is 1. The first-order valence-corrected chi connectivity index (χ1v) is 5.28. The van der Waals surface area contributed by atoms with Crippen molar-refractivity contribution >= 4 is 16.1 Å². The molecule has 0 radical (unpaired) electrons. The normalized spacial score (nSPS) is 13.9. The average Bonchev–Trinajstić information content (AvgIpc) is 2.01. The molecule has 0 amide bonds. The number of nitrogens with one attached hydrogen (secondary N) is 1. The molecule has 0 aromatic heterocycles. The first-order valence-electron chi connectivity index (χ1n) is 3.78. The zero-order valence-electron chi connectivity index (χ0n) is 7.63. The molecule has 0 rings (SSSR count). The zero-order valence-corrected chi connectivity index (χ0v) is 8.45. The molecule has 3 N–H and O–H groups in total. The summed E-state index contributed by atoms with van der Waals surface area (Å²) >= 11 is 0. The number of carbonyl (C=O) groups is 1. The number of carboxylic acids is 1. The minimum absolute atomic E-state index is 0.315. The van der Waals surface area contributed by atoms with E-state index in [9.17, 15) is 13.2 Å². The van der Waals surface area contributed by atoms with Crippen LogP contribution in [0.4, 0.5) is 0 Å². The van der Waals surface area contributed by atoms with Crippen LogP contribution in [0, 0.1) is 0 Å². The summed E-state index contributed by atoms with van der Waals surface area (Å²) in [6.07, 6.45) is 0. The van der Waals surface area contributed by atoms with Crippen molar-refractivity contribution in [1.82, 2.24) is 5.32 Å². The fraction of sp³-hybridized carbons (Fsp3) is 0.833. The second-order valence-corrected chi connectivity index (χ2v) is 4.14. The van der Waals surface area contributed by atoms with Gasteiger partial charge < -0.3 is 15.2 Å². The molecule has 1 atom stereocenters. The van der Waals surface area contributed by atoms with Crippen molar-refractivity contribution in [2.75, 3.05) is 26.8 Å². The predicted octanol–water partition coefficient (Wildman–Crippen LogP) is -1.44. The highest BCUT2D eigenvalue weighted by Crippen LogP contribution is 1.97. The largest absolute Gasteiger partial charge is 0.480 e. The molecule has 1 unspecified atom stereocenters. The molecule has 0 heterocycles. The minimum Gasteiger partial charge on any atom is -0.480 e. The number of hydrogen-bond donors (Lipinski definition) is 3. The Morgan fingerprint density at radius 3 is 2.50 bits per heavy atom. The van der Waals surface area contributed by atoms with E-state index in [2.05, 4.69) is 10.1 Å². The van der Waals surface area contributed by atoms with Crippen molar-refractivity contribution < 1.29 is 27.6 Å². The topological polar surface area (TPSA) is 113 Å². The third-order valence-corrected chi connectivity index (χ3v) is 2.54. The molecule has 0 aliphatic rings. The van der Waals surface area contributed by atoms with Crippen LogP contribution >= 0.6 is 0 Å². The molecular formula is C6H13NO6S. The van der Waals surface area contributed by atoms with Gasteiger partial charge in [0.15, 0.2) is 5.25 Å². The maximum atomic E-state index is 10.5. The van der Waals surface area contributed by atoms with Gasteiger partial charge in [-0.25, -0.2) is 0 Å². The van der Waals surface area contributed by atoms with Crippen LogP contribution in [0.5, 0.6) is 0 Å². The molecule has 14 heavy (non-hydrogen) atoms. The molecule has 0 bridgehead atoms. The Kier molecular flexibility index (Phi) is 5.62.